The number of rotatable bonds is 8. The first-order valence-electron chi connectivity index (χ1n) is 7.74. The van der Waals surface area contributed by atoms with E-state index in [1.165, 1.54) is 5.56 Å². The van der Waals surface area contributed by atoms with Gasteiger partial charge in [-0.15, -0.1) is 0 Å². The Bertz CT molecular complexity index is 361. The molecule has 1 aliphatic heterocycles. The first-order chi connectivity index (χ1) is 9.75. The number of ether oxygens (including phenoxy) is 2. The summed E-state index contributed by atoms with van der Waals surface area (Å²) in [6.45, 7) is 7.90. The van der Waals surface area contributed by atoms with Crippen molar-refractivity contribution < 1.29 is 9.47 Å². The van der Waals surface area contributed by atoms with Crippen molar-refractivity contribution in [1.29, 1.82) is 0 Å². The highest BCUT2D eigenvalue weighted by molar-refractivity contribution is 5.17. The number of nitrogens with one attached hydrogen (secondary N) is 1. The van der Waals surface area contributed by atoms with Crippen molar-refractivity contribution in [2.45, 2.75) is 38.9 Å². The third-order valence-corrected chi connectivity index (χ3v) is 3.56. The van der Waals surface area contributed by atoms with Crippen LogP contribution in [-0.4, -0.2) is 32.4 Å². The Morgan fingerprint density at radius 2 is 2.05 bits per heavy atom. The second-order valence-electron chi connectivity index (χ2n) is 5.92. The van der Waals surface area contributed by atoms with Crippen LogP contribution < -0.4 is 5.32 Å². The van der Waals surface area contributed by atoms with Crippen LogP contribution in [0, 0.1) is 5.92 Å². The van der Waals surface area contributed by atoms with E-state index in [2.05, 4.69) is 43.4 Å². The molecular weight excluding hydrogens is 250 g/mol. The van der Waals surface area contributed by atoms with Crippen molar-refractivity contribution in [3.8, 4) is 0 Å². The number of hydrogen-bond acceptors (Lipinski definition) is 3. The molecule has 1 aromatic carbocycles. The van der Waals surface area contributed by atoms with Crippen molar-refractivity contribution in [1.82, 2.24) is 5.32 Å². The van der Waals surface area contributed by atoms with Crippen LogP contribution in [0.1, 0.15) is 38.4 Å². The zero-order valence-corrected chi connectivity index (χ0v) is 12.7. The Morgan fingerprint density at radius 3 is 2.70 bits per heavy atom. The summed E-state index contributed by atoms with van der Waals surface area (Å²) in [7, 11) is 0. The first-order valence-corrected chi connectivity index (χ1v) is 7.74. The van der Waals surface area contributed by atoms with E-state index in [1.807, 2.05) is 6.07 Å². The van der Waals surface area contributed by atoms with Crippen molar-refractivity contribution >= 4 is 0 Å². The Balaban J connectivity index is 1.85. The van der Waals surface area contributed by atoms with Gasteiger partial charge in [0.1, 0.15) is 0 Å². The summed E-state index contributed by atoms with van der Waals surface area (Å²) >= 11 is 0. The van der Waals surface area contributed by atoms with E-state index >= 15 is 0 Å². The van der Waals surface area contributed by atoms with Gasteiger partial charge in [-0.05, 0) is 30.9 Å². The van der Waals surface area contributed by atoms with Gasteiger partial charge in [-0.1, -0.05) is 44.2 Å². The molecule has 2 unspecified atom stereocenters. The van der Waals surface area contributed by atoms with Crippen molar-refractivity contribution in [3.05, 3.63) is 35.9 Å². The molecule has 3 heteroatoms. The molecule has 0 spiro atoms. The van der Waals surface area contributed by atoms with Gasteiger partial charge in [0, 0.05) is 13.2 Å². The summed E-state index contributed by atoms with van der Waals surface area (Å²) in [6.07, 6.45) is 2.68. The Morgan fingerprint density at radius 1 is 1.25 bits per heavy atom. The molecular formula is C17H27NO2. The average molecular weight is 277 g/mol. The zero-order valence-electron chi connectivity index (χ0n) is 12.7. The minimum Gasteiger partial charge on any atom is -0.376 e. The molecule has 2 atom stereocenters. The van der Waals surface area contributed by atoms with Gasteiger partial charge in [0.2, 0.25) is 0 Å². The average Bonchev–Trinajstić information content (AvgIpc) is 2.96. The predicted molar refractivity (Wildman–Crippen MR) is 81.8 cm³/mol. The molecule has 1 saturated heterocycles. The molecule has 20 heavy (non-hydrogen) atoms. The fraction of sp³-hybridized carbons (Fsp3) is 0.647. The molecule has 1 aliphatic rings. The smallest absolute Gasteiger partial charge is 0.0950 e. The van der Waals surface area contributed by atoms with Crippen LogP contribution in [0.3, 0.4) is 0 Å². The number of benzene rings is 1. The lowest BCUT2D eigenvalue weighted by molar-refractivity contribution is -0.0211. The van der Waals surface area contributed by atoms with Crippen LogP contribution in [0.2, 0.25) is 0 Å². The maximum absolute atomic E-state index is 6.11. The molecule has 0 amide bonds. The Kier molecular flexibility index (Phi) is 6.51. The first kappa shape index (κ1) is 15.5. The quantitative estimate of drug-likeness (QED) is 0.791. The molecule has 0 radical (unpaired) electrons. The molecule has 0 bridgehead atoms. The van der Waals surface area contributed by atoms with Crippen LogP contribution in [-0.2, 0) is 9.47 Å². The number of hydrogen-bond donors (Lipinski definition) is 1. The van der Waals surface area contributed by atoms with Crippen molar-refractivity contribution in [2.24, 2.45) is 5.92 Å². The van der Waals surface area contributed by atoms with E-state index in [1.54, 1.807) is 0 Å². The molecule has 1 heterocycles. The van der Waals surface area contributed by atoms with Crippen LogP contribution in [0.15, 0.2) is 30.3 Å². The van der Waals surface area contributed by atoms with Gasteiger partial charge in [-0.2, -0.15) is 0 Å². The molecule has 1 aromatic rings. The molecule has 0 aliphatic carbocycles. The minimum absolute atomic E-state index is 0.110. The van der Waals surface area contributed by atoms with E-state index in [0.717, 1.165) is 32.5 Å². The van der Waals surface area contributed by atoms with Gasteiger partial charge in [0.25, 0.3) is 0 Å². The topological polar surface area (TPSA) is 30.5 Å². The van der Waals surface area contributed by atoms with E-state index in [9.17, 15) is 0 Å². The van der Waals surface area contributed by atoms with Gasteiger partial charge in [-0.3, -0.25) is 0 Å². The van der Waals surface area contributed by atoms with Gasteiger partial charge >= 0.3 is 0 Å². The van der Waals surface area contributed by atoms with Gasteiger partial charge in [0.05, 0.1) is 18.8 Å². The Hall–Kier alpha value is -0.900. The highest BCUT2D eigenvalue weighted by Crippen LogP contribution is 2.19. The SMILES string of the molecule is CC(C)CNCC(OCC1CCCO1)c1ccccc1. The highest BCUT2D eigenvalue weighted by Gasteiger charge is 2.19. The molecule has 0 saturated carbocycles. The fourth-order valence-corrected chi connectivity index (χ4v) is 2.44. The lowest BCUT2D eigenvalue weighted by atomic mass is 10.1. The summed E-state index contributed by atoms with van der Waals surface area (Å²) in [4.78, 5) is 0. The van der Waals surface area contributed by atoms with Crippen LogP contribution in [0.4, 0.5) is 0 Å². The summed E-state index contributed by atoms with van der Waals surface area (Å²) in [6, 6.07) is 10.5. The standard InChI is InChI=1S/C17H27NO2/c1-14(2)11-18-12-17(15-7-4-3-5-8-15)20-13-16-9-6-10-19-16/h3-5,7-8,14,16-18H,6,9-13H2,1-2H3. The van der Waals surface area contributed by atoms with Crippen molar-refractivity contribution in [3.63, 3.8) is 0 Å². The zero-order chi connectivity index (χ0) is 14.2. The predicted octanol–water partition coefficient (Wildman–Crippen LogP) is 3.17. The summed E-state index contributed by atoms with van der Waals surface area (Å²) in [5, 5.41) is 3.49. The molecule has 3 nitrogen and oxygen atoms in total. The van der Waals surface area contributed by atoms with E-state index in [-0.39, 0.29) is 12.2 Å². The van der Waals surface area contributed by atoms with Gasteiger partial charge in [-0.25, -0.2) is 0 Å². The largest absolute Gasteiger partial charge is 0.376 e. The third kappa shape index (κ3) is 5.23. The summed E-state index contributed by atoms with van der Waals surface area (Å²) in [5.74, 6) is 0.657. The Labute approximate surface area is 122 Å². The molecule has 0 aromatic heterocycles. The second-order valence-corrected chi connectivity index (χ2v) is 5.92. The minimum atomic E-state index is 0.110. The lowest BCUT2D eigenvalue weighted by Crippen LogP contribution is -2.28. The summed E-state index contributed by atoms with van der Waals surface area (Å²) in [5.41, 5.74) is 1.24. The lowest BCUT2D eigenvalue weighted by Gasteiger charge is -2.21. The second kappa shape index (κ2) is 8.40. The van der Waals surface area contributed by atoms with Gasteiger partial charge < -0.3 is 14.8 Å². The fourth-order valence-electron chi connectivity index (χ4n) is 2.44. The molecule has 1 N–H and O–H groups in total. The third-order valence-electron chi connectivity index (χ3n) is 3.56. The van der Waals surface area contributed by atoms with E-state index < -0.39 is 0 Å². The molecule has 112 valence electrons. The molecule has 2 rings (SSSR count). The van der Waals surface area contributed by atoms with E-state index in [4.69, 9.17) is 9.47 Å². The van der Waals surface area contributed by atoms with Crippen molar-refractivity contribution in [2.75, 3.05) is 26.3 Å². The van der Waals surface area contributed by atoms with Crippen LogP contribution in [0.25, 0.3) is 0 Å². The molecule has 1 fully saturated rings. The maximum Gasteiger partial charge on any atom is 0.0950 e. The highest BCUT2D eigenvalue weighted by atomic mass is 16.5. The van der Waals surface area contributed by atoms with Crippen LogP contribution >= 0.6 is 0 Å². The summed E-state index contributed by atoms with van der Waals surface area (Å²) < 4.78 is 11.7. The van der Waals surface area contributed by atoms with Crippen LogP contribution in [0.5, 0.6) is 0 Å². The maximum atomic E-state index is 6.11. The van der Waals surface area contributed by atoms with Gasteiger partial charge in [0.15, 0.2) is 0 Å². The monoisotopic (exact) mass is 277 g/mol. The normalized spacial score (nSPS) is 20.4. The van der Waals surface area contributed by atoms with E-state index in [0.29, 0.717) is 12.5 Å².